The van der Waals surface area contributed by atoms with Crippen LogP contribution in [0, 0.1) is 0 Å². The molecule has 6 aromatic heterocycles. The van der Waals surface area contributed by atoms with Crippen LogP contribution in [0.15, 0.2) is 306 Å². The summed E-state index contributed by atoms with van der Waals surface area (Å²) in [7, 11) is 0. The van der Waals surface area contributed by atoms with Crippen LogP contribution in [0.4, 0.5) is 0 Å². The molecule has 6 heterocycles. The van der Waals surface area contributed by atoms with Crippen molar-refractivity contribution in [3.8, 4) is 107 Å². The number of furan rings is 2. The number of fused-ring (bicyclic) bond motifs is 12. The Balaban J connectivity index is 0.715. The van der Waals surface area contributed by atoms with Crippen LogP contribution in [0.5, 0.6) is 0 Å². The maximum Gasteiger partial charge on any atom is 0.167 e. The van der Waals surface area contributed by atoms with Gasteiger partial charge in [0.05, 0.1) is 22.3 Å². The van der Waals surface area contributed by atoms with E-state index in [-0.39, 0.29) is 0 Å². The Hall–Kier alpha value is -12.5. The van der Waals surface area contributed by atoms with Gasteiger partial charge in [0, 0.05) is 91.4 Å². The number of rotatable bonds is 10. The lowest BCUT2D eigenvalue weighted by Gasteiger charge is -2.15. The molecule has 438 valence electrons. The van der Waals surface area contributed by atoms with Gasteiger partial charge < -0.3 is 13.4 Å². The number of hydrogen-bond acceptors (Lipinski definition) is 9. The van der Waals surface area contributed by atoms with Gasteiger partial charge in [-0.1, -0.05) is 237 Å². The zero-order chi connectivity index (χ0) is 61.8. The van der Waals surface area contributed by atoms with E-state index in [0.29, 0.717) is 40.5 Å². The molecule has 0 N–H and O–H groups in total. The fourth-order valence-corrected chi connectivity index (χ4v) is 15.1. The largest absolute Gasteiger partial charge is 0.455 e. The third-order valence-corrected chi connectivity index (χ3v) is 19.4. The SMILES string of the molecule is c1ccc(-c2nc(-c3cccc(-c4ccccc4-n4c5ccccc5c5cc(-c6cccc7sc8c(-c9nc(-c%10ccccc%10)nc(-c%10ccccc%10)n9)cccc8c67)ccc54)c3)nc(-c3cccc4c3oc3cccc(-c5cccc6c5oc5ccccc56)c34)n2)cc1. The Labute approximate surface area is 541 Å². The maximum atomic E-state index is 6.91. The van der Waals surface area contributed by atoms with Gasteiger partial charge in [-0.2, -0.15) is 0 Å². The number of nitrogens with zero attached hydrogens (tertiary/aromatic N) is 7. The lowest BCUT2D eigenvalue weighted by atomic mass is 9.97. The molecule has 0 aliphatic rings. The van der Waals surface area contributed by atoms with E-state index in [2.05, 4.69) is 205 Å². The predicted molar refractivity (Wildman–Crippen MR) is 384 cm³/mol. The summed E-state index contributed by atoms with van der Waals surface area (Å²) in [5, 5.41) is 8.79. The number of benzene rings is 13. The number of para-hydroxylation sites is 5. The molecule has 0 saturated carbocycles. The first-order valence-electron chi connectivity index (χ1n) is 31.3. The molecule has 19 aromatic rings. The Morgan fingerprint density at radius 2 is 0.723 bits per heavy atom. The fourth-order valence-electron chi connectivity index (χ4n) is 13.9. The second kappa shape index (κ2) is 21.6. The van der Waals surface area contributed by atoms with Crippen LogP contribution in [-0.4, -0.2) is 34.5 Å². The third-order valence-electron chi connectivity index (χ3n) is 18.1. The van der Waals surface area contributed by atoms with Crippen molar-refractivity contribution < 1.29 is 8.83 Å². The second-order valence-corrected chi connectivity index (χ2v) is 24.7. The summed E-state index contributed by atoms with van der Waals surface area (Å²) in [4.78, 5) is 31.2. The number of thiophene rings is 1. The highest BCUT2D eigenvalue weighted by molar-refractivity contribution is 7.26. The minimum atomic E-state index is 0.507. The molecule has 0 bridgehead atoms. The van der Waals surface area contributed by atoms with Crippen LogP contribution in [0.1, 0.15) is 0 Å². The minimum absolute atomic E-state index is 0.507. The van der Waals surface area contributed by atoms with E-state index in [4.69, 9.17) is 38.7 Å². The fraction of sp³-hybridized carbons (Fsp3) is 0. The summed E-state index contributed by atoms with van der Waals surface area (Å²) in [5.41, 5.74) is 18.1. The van der Waals surface area contributed by atoms with Gasteiger partial charge >= 0.3 is 0 Å². The van der Waals surface area contributed by atoms with Crippen molar-refractivity contribution in [1.82, 2.24) is 34.5 Å². The van der Waals surface area contributed by atoms with Crippen LogP contribution >= 0.6 is 11.3 Å². The first-order chi connectivity index (χ1) is 46.6. The zero-order valence-electron chi connectivity index (χ0n) is 50.1. The van der Waals surface area contributed by atoms with Crippen molar-refractivity contribution in [1.29, 1.82) is 0 Å². The van der Waals surface area contributed by atoms with Crippen LogP contribution < -0.4 is 0 Å². The maximum absolute atomic E-state index is 6.91. The lowest BCUT2D eigenvalue weighted by molar-refractivity contribution is 0.669. The molecule has 0 aliphatic heterocycles. The summed E-state index contributed by atoms with van der Waals surface area (Å²) in [6, 6.07) is 104. The minimum Gasteiger partial charge on any atom is -0.455 e. The highest BCUT2D eigenvalue weighted by atomic mass is 32.1. The molecule has 0 amide bonds. The van der Waals surface area contributed by atoms with Gasteiger partial charge in [0.25, 0.3) is 0 Å². The van der Waals surface area contributed by atoms with E-state index in [1.165, 1.54) is 10.1 Å². The van der Waals surface area contributed by atoms with Gasteiger partial charge in [-0.15, -0.1) is 11.3 Å². The van der Waals surface area contributed by atoms with Gasteiger partial charge in [-0.05, 0) is 82.9 Å². The summed E-state index contributed by atoms with van der Waals surface area (Å²) in [6.45, 7) is 0. The third kappa shape index (κ3) is 8.69. The molecule has 0 fully saturated rings. The molecule has 0 unspecified atom stereocenters. The van der Waals surface area contributed by atoms with Crippen molar-refractivity contribution in [3.05, 3.63) is 297 Å². The molecule has 0 aliphatic carbocycles. The topological polar surface area (TPSA) is 109 Å². The summed E-state index contributed by atoms with van der Waals surface area (Å²) < 4.78 is 18.2. The normalized spacial score (nSPS) is 11.8. The molecule has 13 aromatic carbocycles. The van der Waals surface area contributed by atoms with Gasteiger partial charge in [0.2, 0.25) is 0 Å². The molecule has 94 heavy (non-hydrogen) atoms. The molecule has 0 spiro atoms. The molecule has 10 heteroatoms. The molecule has 9 nitrogen and oxygen atoms in total. The standard InChI is InChI=1S/C84H49N7O2S/c1-4-22-50(23-5-1)79-85-80(51-24-6-2-7-25-51)89-84(88-79)66-40-19-38-64-75-57(33-21-45-73(75)94-78(64)66)54-46-47-70-67(49-54)58-31-11-14-42-69(58)91(70)68-41-13-10-30-56(68)53-28-16-29-55(48-53)82-86-81(52-26-8-3-9-27-52)87-83(90-82)65-39-18-37-63-74-60(34-20-44-72(74)93-77(63)65)62-36-17-35-61-59-32-12-15-43-71(59)92-76(61)62/h1-49H. The Bertz CT molecular complexity index is 6190. The average Bonchev–Trinajstić information content (AvgIpc) is 1.59. The number of aromatic nitrogens is 7. The summed E-state index contributed by atoms with van der Waals surface area (Å²) in [6.07, 6.45) is 0. The smallest absolute Gasteiger partial charge is 0.167 e. The van der Waals surface area contributed by atoms with E-state index >= 15 is 0 Å². The van der Waals surface area contributed by atoms with Crippen LogP contribution in [0.3, 0.4) is 0 Å². The van der Waals surface area contributed by atoms with Crippen LogP contribution in [0.2, 0.25) is 0 Å². The van der Waals surface area contributed by atoms with Gasteiger partial charge in [-0.25, -0.2) is 29.9 Å². The molecule has 19 rings (SSSR count). The average molecular weight is 1220 g/mol. The Morgan fingerprint density at radius 3 is 1.48 bits per heavy atom. The quantitative estimate of drug-likeness (QED) is 0.133. The van der Waals surface area contributed by atoms with Gasteiger partial charge in [0.1, 0.15) is 22.3 Å². The van der Waals surface area contributed by atoms with Crippen molar-refractivity contribution in [3.63, 3.8) is 0 Å². The summed E-state index contributed by atoms with van der Waals surface area (Å²) in [5.74, 6) is 3.53. The molecular weight excluding hydrogens is 1170 g/mol. The van der Waals surface area contributed by atoms with E-state index in [9.17, 15) is 0 Å². The van der Waals surface area contributed by atoms with Crippen molar-refractivity contribution in [2.45, 2.75) is 0 Å². The Morgan fingerprint density at radius 1 is 0.255 bits per heavy atom. The van der Waals surface area contributed by atoms with E-state index in [1.807, 2.05) is 97.1 Å². The predicted octanol–water partition coefficient (Wildman–Crippen LogP) is 22.3. The first kappa shape index (κ1) is 53.3. The first-order valence-corrected chi connectivity index (χ1v) is 32.1. The molecule has 0 radical (unpaired) electrons. The van der Waals surface area contributed by atoms with E-state index < -0.39 is 0 Å². The highest BCUT2D eigenvalue weighted by Crippen LogP contribution is 2.47. The van der Waals surface area contributed by atoms with Crippen molar-refractivity contribution >= 4 is 97.2 Å². The molecule has 0 saturated heterocycles. The van der Waals surface area contributed by atoms with E-state index in [0.717, 1.165) is 143 Å². The lowest BCUT2D eigenvalue weighted by Crippen LogP contribution is -2.01. The van der Waals surface area contributed by atoms with Gasteiger partial charge in [-0.3, -0.25) is 0 Å². The zero-order valence-corrected chi connectivity index (χ0v) is 51.0. The number of hydrogen-bond donors (Lipinski definition) is 0. The molecular formula is C84H49N7O2S. The highest BCUT2D eigenvalue weighted by Gasteiger charge is 2.25. The second-order valence-electron chi connectivity index (χ2n) is 23.6. The van der Waals surface area contributed by atoms with Crippen LogP contribution in [0.25, 0.3) is 193 Å². The van der Waals surface area contributed by atoms with Gasteiger partial charge in [0.15, 0.2) is 34.9 Å². The van der Waals surface area contributed by atoms with E-state index in [1.54, 1.807) is 11.3 Å². The van der Waals surface area contributed by atoms with Crippen LogP contribution in [-0.2, 0) is 0 Å². The van der Waals surface area contributed by atoms with Crippen molar-refractivity contribution in [2.24, 2.45) is 0 Å². The summed E-state index contributed by atoms with van der Waals surface area (Å²) >= 11 is 1.78. The molecule has 0 atom stereocenters. The Kier molecular flexibility index (Phi) is 12.3. The monoisotopic (exact) mass is 1220 g/mol. The van der Waals surface area contributed by atoms with Crippen molar-refractivity contribution in [2.75, 3.05) is 0 Å².